The smallest absolute Gasteiger partial charge is 0.124 e. The Morgan fingerprint density at radius 3 is 2.53 bits per heavy atom. The molecule has 0 aromatic heterocycles. The molecule has 30 heavy (non-hydrogen) atoms. The zero-order chi connectivity index (χ0) is 20.6. The highest BCUT2D eigenvalue weighted by atomic mass is 16.5. The number of β-amino-alcohol motifs (C(OH)–C–C–N with tert-alkyl or cyclic N) is 1. The molecular formula is C24H32N2O4. The molecule has 2 heterocycles. The van der Waals surface area contributed by atoms with Gasteiger partial charge in [0.2, 0.25) is 0 Å². The number of rotatable bonds is 9. The van der Waals surface area contributed by atoms with E-state index in [0.29, 0.717) is 13.2 Å². The Hall–Kier alpha value is -2.12. The summed E-state index contributed by atoms with van der Waals surface area (Å²) in [6.45, 7) is 7.25. The summed E-state index contributed by atoms with van der Waals surface area (Å²) in [7, 11) is 0. The molecule has 162 valence electrons. The molecule has 1 N–H and O–H groups in total. The molecule has 0 aliphatic carbocycles. The fourth-order valence-electron chi connectivity index (χ4n) is 3.89. The Labute approximate surface area is 179 Å². The maximum atomic E-state index is 10.3. The van der Waals surface area contributed by atoms with Crippen molar-refractivity contribution in [3.63, 3.8) is 0 Å². The lowest BCUT2D eigenvalue weighted by Gasteiger charge is -2.39. The summed E-state index contributed by atoms with van der Waals surface area (Å²) in [4.78, 5) is 4.62. The van der Waals surface area contributed by atoms with E-state index >= 15 is 0 Å². The number of hydrogen-bond donors (Lipinski definition) is 1. The Morgan fingerprint density at radius 1 is 0.933 bits per heavy atom. The van der Waals surface area contributed by atoms with Crippen LogP contribution in [0.15, 0.2) is 54.6 Å². The van der Waals surface area contributed by atoms with Crippen molar-refractivity contribution in [2.45, 2.75) is 25.2 Å². The standard InChI is InChI=1S/C24H32N2O4/c27-21(16-26-17-24(18-26)30-23-5-2-1-3-6-23)19-29-22-9-7-20(8-10-22)15-25-11-4-13-28-14-12-25/h1-3,5-10,21,24,27H,4,11-19H2. The molecule has 0 bridgehead atoms. The number of ether oxygens (including phenoxy) is 3. The molecule has 6 nitrogen and oxygen atoms in total. The fourth-order valence-corrected chi connectivity index (χ4v) is 3.89. The van der Waals surface area contributed by atoms with Gasteiger partial charge in [-0.2, -0.15) is 0 Å². The van der Waals surface area contributed by atoms with E-state index in [0.717, 1.165) is 63.9 Å². The van der Waals surface area contributed by atoms with Crippen molar-refractivity contribution >= 4 is 0 Å². The van der Waals surface area contributed by atoms with Crippen LogP contribution < -0.4 is 9.47 Å². The topological polar surface area (TPSA) is 54.4 Å². The second-order valence-electron chi connectivity index (χ2n) is 8.12. The van der Waals surface area contributed by atoms with Crippen molar-refractivity contribution in [1.29, 1.82) is 0 Å². The third-order valence-corrected chi connectivity index (χ3v) is 5.53. The number of likely N-dealkylation sites (tertiary alicyclic amines) is 1. The normalized spacial score (nSPS) is 19.6. The number of aliphatic hydroxyl groups is 1. The van der Waals surface area contributed by atoms with Gasteiger partial charge in [0.05, 0.1) is 6.61 Å². The summed E-state index contributed by atoms with van der Waals surface area (Å²) in [5.41, 5.74) is 1.27. The van der Waals surface area contributed by atoms with Crippen LogP contribution in [0.25, 0.3) is 0 Å². The Balaban J connectivity index is 1.13. The molecule has 2 fully saturated rings. The lowest BCUT2D eigenvalue weighted by atomic mass is 10.1. The first-order valence-corrected chi connectivity index (χ1v) is 10.9. The largest absolute Gasteiger partial charge is 0.491 e. The van der Waals surface area contributed by atoms with Gasteiger partial charge < -0.3 is 19.3 Å². The zero-order valence-electron chi connectivity index (χ0n) is 17.5. The van der Waals surface area contributed by atoms with Gasteiger partial charge in [0.15, 0.2) is 0 Å². The van der Waals surface area contributed by atoms with Gasteiger partial charge in [-0.3, -0.25) is 9.80 Å². The van der Waals surface area contributed by atoms with Crippen LogP contribution in [0.1, 0.15) is 12.0 Å². The Morgan fingerprint density at radius 2 is 1.73 bits per heavy atom. The second-order valence-corrected chi connectivity index (χ2v) is 8.12. The van der Waals surface area contributed by atoms with Crippen LogP contribution in [0.5, 0.6) is 11.5 Å². The van der Waals surface area contributed by atoms with Crippen LogP contribution >= 0.6 is 0 Å². The highest BCUT2D eigenvalue weighted by molar-refractivity contribution is 5.27. The van der Waals surface area contributed by atoms with Crippen molar-refractivity contribution in [1.82, 2.24) is 9.80 Å². The third-order valence-electron chi connectivity index (χ3n) is 5.53. The van der Waals surface area contributed by atoms with E-state index in [1.54, 1.807) is 0 Å². The first-order valence-electron chi connectivity index (χ1n) is 10.9. The summed E-state index contributed by atoms with van der Waals surface area (Å²) < 4.78 is 17.2. The lowest BCUT2D eigenvalue weighted by Crippen LogP contribution is -2.56. The van der Waals surface area contributed by atoms with Gasteiger partial charge in [-0.15, -0.1) is 0 Å². The van der Waals surface area contributed by atoms with Crippen molar-refractivity contribution < 1.29 is 19.3 Å². The highest BCUT2D eigenvalue weighted by Crippen LogP contribution is 2.18. The monoisotopic (exact) mass is 412 g/mol. The molecule has 1 unspecified atom stereocenters. The predicted octanol–water partition coefficient (Wildman–Crippen LogP) is 2.41. The van der Waals surface area contributed by atoms with E-state index in [9.17, 15) is 5.11 Å². The number of para-hydroxylation sites is 1. The SMILES string of the molecule is OC(COc1ccc(CN2CCCOCC2)cc1)CN1CC(Oc2ccccc2)C1. The average molecular weight is 413 g/mol. The third kappa shape index (κ3) is 6.44. The van der Waals surface area contributed by atoms with E-state index in [-0.39, 0.29) is 6.10 Å². The number of benzene rings is 2. The van der Waals surface area contributed by atoms with Gasteiger partial charge in [0, 0.05) is 45.9 Å². The zero-order valence-corrected chi connectivity index (χ0v) is 17.5. The first-order chi connectivity index (χ1) is 14.7. The van der Waals surface area contributed by atoms with E-state index in [1.165, 1.54) is 5.56 Å². The molecule has 0 radical (unpaired) electrons. The van der Waals surface area contributed by atoms with Crippen LogP contribution in [0.3, 0.4) is 0 Å². The molecule has 1 atom stereocenters. The minimum Gasteiger partial charge on any atom is -0.491 e. The highest BCUT2D eigenvalue weighted by Gasteiger charge is 2.29. The van der Waals surface area contributed by atoms with E-state index in [1.807, 2.05) is 42.5 Å². The van der Waals surface area contributed by atoms with Gasteiger partial charge in [0.1, 0.15) is 30.3 Å². The molecule has 2 aliphatic rings. The van der Waals surface area contributed by atoms with E-state index in [4.69, 9.17) is 14.2 Å². The van der Waals surface area contributed by atoms with E-state index < -0.39 is 6.10 Å². The van der Waals surface area contributed by atoms with Crippen LogP contribution in [-0.2, 0) is 11.3 Å². The first kappa shape index (κ1) is 21.1. The molecule has 6 heteroatoms. The summed E-state index contributed by atoms with van der Waals surface area (Å²) >= 11 is 0. The van der Waals surface area contributed by atoms with Crippen LogP contribution in [0, 0.1) is 0 Å². The minimum atomic E-state index is -0.514. The molecule has 0 saturated carbocycles. The summed E-state index contributed by atoms with van der Waals surface area (Å²) in [6, 6.07) is 18.1. The maximum absolute atomic E-state index is 10.3. The lowest BCUT2D eigenvalue weighted by molar-refractivity contribution is -0.0174. The summed E-state index contributed by atoms with van der Waals surface area (Å²) in [5.74, 6) is 1.70. The Bertz CT molecular complexity index is 742. The quantitative estimate of drug-likeness (QED) is 0.683. The van der Waals surface area contributed by atoms with Crippen molar-refractivity contribution in [3.05, 3.63) is 60.2 Å². The number of hydrogen-bond acceptors (Lipinski definition) is 6. The molecular weight excluding hydrogens is 380 g/mol. The van der Waals surface area contributed by atoms with Crippen LogP contribution in [0.2, 0.25) is 0 Å². The molecule has 2 aromatic rings. The molecule has 2 aliphatic heterocycles. The predicted molar refractivity (Wildman–Crippen MR) is 116 cm³/mol. The van der Waals surface area contributed by atoms with Gasteiger partial charge in [-0.25, -0.2) is 0 Å². The fraction of sp³-hybridized carbons (Fsp3) is 0.500. The number of aliphatic hydroxyl groups excluding tert-OH is 1. The van der Waals surface area contributed by atoms with Crippen LogP contribution in [-0.4, -0.2) is 79.7 Å². The molecule has 2 aromatic carbocycles. The van der Waals surface area contributed by atoms with E-state index in [2.05, 4.69) is 21.9 Å². The van der Waals surface area contributed by atoms with Gasteiger partial charge >= 0.3 is 0 Å². The van der Waals surface area contributed by atoms with Gasteiger partial charge in [0.25, 0.3) is 0 Å². The van der Waals surface area contributed by atoms with Crippen molar-refractivity contribution in [2.24, 2.45) is 0 Å². The van der Waals surface area contributed by atoms with Gasteiger partial charge in [-0.1, -0.05) is 30.3 Å². The maximum Gasteiger partial charge on any atom is 0.124 e. The molecule has 4 rings (SSSR count). The molecule has 0 amide bonds. The summed E-state index contributed by atoms with van der Waals surface area (Å²) in [5, 5.41) is 10.3. The van der Waals surface area contributed by atoms with Crippen LogP contribution in [0.4, 0.5) is 0 Å². The number of nitrogens with zero attached hydrogens (tertiary/aromatic N) is 2. The minimum absolute atomic E-state index is 0.198. The van der Waals surface area contributed by atoms with Crippen molar-refractivity contribution in [3.8, 4) is 11.5 Å². The summed E-state index contributed by atoms with van der Waals surface area (Å²) in [6.07, 6.45) is 0.776. The molecule has 2 saturated heterocycles. The van der Waals surface area contributed by atoms with Gasteiger partial charge in [-0.05, 0) is 36.2 Å². The second kappa shape index (κ2) is 10.8. The average Bonchev–Trinajstić information content (AvgIpc) is 3.01. The Kier molecular flexibility index (Phi) is 7.59. The van der Waals surface area contributed by atoms with Crippen molar-refractivity contribution in [2.75, 3.05) is 52.5 Å². The molecule has 0 spiro atoms.